The van der Waals surface area contributed by atoms with Crippen molar-refractivity contribution >= 4 is 5.91 Å². The van der Waals surface area contributed by atoms with Crippen LogP contribution in [-0.4, -0.2) is 47.7 Å². The number of nitrogens with one attached hydrogen (secondary N) is 1. The normalized spacial score (nSPS) is 22.4. The van der Waals surface area contributed by atoms with E-state index in [2.05, 4.69) is 16.8 Å². The largest absolute Gasteiger partial charge is 0.392 e. The predicted octanol–water partition coefficient (Wildman–Crippen LogP) is 1.30. The Balaban J connectivity index is 2.29. The number of amides is 1. The third kappa shape index (κ3) is 5.65. The predicted molar refractivity (Wildman–Crippen MR) is 73.3 cm³/mol. The van der Waals surface area contributed by atoms with E-state index in [1.807, 2.05) is 13.0 Å². The molecular formula is C14H26N2O2. The highest BCUT2D eigenvalue weighted by atomic mass is 16.3. The van der Waals surface area contributed by atoms with Crippen molar-refractivity contribution in [1.82, 2.24) is 10.2 Å². The van der Waals surface area contributed by atoms with Crippen LogP contribution in [0.25, 0.3) is 0 Å². The van der Waals surface area contributed by atoms with Gasteiger partial charge in [0.05, 0.1) is 6.10 Å². The fourth-order valence-corrected chi connectivity index (χ4v) is 2.37. The van der Waals surface area contributed by atoms with E-state index >= 15 is 0 Å². The first-order valence-electron chi connectivity index (χ1n) is 6.96. The summed E-state index contributed by atoms with van der Waals surface area (Å²) in [5.74, 6) is 0.119. The van der Waals surface area contributed by atoms with E-state index in [0.717, 1.165) is 38.8 Å². The van der Waals surface area contributed by atoms with Gasteiger partial charge >= 0.3 is 0 Å². The molecule has 0 aromatic heterocycles. The Morgan fingerprint density at radius 2 is 2.44 bits per heavy atom. The first-order chi connectivity index (χ1) is 8.65. The Morgan fingerprint density at radius 3 is 3.11 bits per heavy atom. The van der Waals surface area contributed by atoms with Gasteiger partial charge in [0, 0.05) is 25.6 Å². The number of likely N-dealkylation sites (tertiary alicyclic amines) is 1. The van der Waals surface area contributed by atoms with E-state index < -0.39 is 0 Å². The van der Waals surface area contributed by atoms with Crippen molar-refractivity contribution in [2.75, 3.05) is 19.6 Å². The summed E-state index contributed by atoms with van der Waals surface area (Å²) in [5, 5.41) is 12.9. The molecule has 18 heavy (non-hydrogen) atoms. The second kappa shape index (κ2) is 8.27. The average molecular weight is 254 g/mol. The Labute approximate surface area is 110 Å². The number of allylic oxidation sites excluding steroid dienone is 1. The fourth-order valence-electron chi connectivity index (χ4n) is 2.37. The zero-order chi connectivity index (χ0) is 13.4. The van der Waals surface area contributed by atoms with Gasteiger partial charge in [0.1, 0.15) is 0 Å². The second-order valence-corrected chi connectivity index (χ2v) is 5.04. The van der Waals surface area contributed by atoms with Crippen LogP contribution in [0.1, 0.15) is 39.0 Å². The Morgan fingerprint density at radius 1 is 1.67 bits per heavy atom. The van der Waals surface area contributed by atoms with Crippen LogP contribution in [0.15, 0.2) is 12.7 Å². The molecule has 1 amide bonds. The molecule has 0 bridgehead atoms. The number of hydrogen-bond acceptors (Lipinski definition) is 3. The molecule has 2 unspecified atom stereocenters. The summed E-state index contributed by atoms with van der Waals surface area (Å²) in [6, 6.07) is 0.248. The van der Waals surface area contributed by atoms with Crippen molar-refractivity contribution in [3.63, 3.8) is 0 Å². The number of piperidine rings is 1. The lowest BCUT2D eigenvalue weighted by molar-refractivity contribution is -0.121. The average Bonchev–Trinajstić information content (AvgIpc) is 2.36. The molecule has 1 heterocycles. The highest BCUT2D eigenvalue weighted by Gasteiger charge is 2.22. The number of carbonyl (C=O) groups is 1. The molecule has 0 aromatic carbocycles. The number of rotatable bonds is 7. The van der Waals surface area contributed by atoms with Crippen LogP contribution in [0.5, 0.6) is 0 Å². The van der Waals surface area contributed by atoms with Crippen molar-refractivity contribution < 1.29 is 9.90 Å². The lowest BCUT2D eigenvalue weighted by atomic mass is 10.0. The minimum absolute atomic E-state index is 0.119. The maximum atomic E-state index is 11.4. The summed E-state index contributed by atoms with van der Waals surface area (Å²) in [7, 11) is 0. The summed E-state index contributed by atoms with van der Waals surface area (Å²) in [6.07, 6.45) is 5.84. The van der Waals surface area contributed by atoms with Gasteiger partial charge in [-0.15, -0.1) is 6.58 Å². The van der Waals surface area contributed by atoms with E-state index in [4.69, 9.17) is 0 Å². The Hall–Kier alpha value is -0.870. The third-order valence-electron chi connectivity index (χ3n) is 3.36. The first-order valence-corrected chi connectivity index (χ1v) is 6.96. The van der Waals surface area contributed by atoms with E-state index in [0.29, 0.717) is 13.0 Å². The third-order valence-corrected chi connectivity index (χ3v) is 3.36. The van der Waals surface area contributed by atoms with Crippen LogP contribution in [0.3, 0.4) is 0 Å². The molecule has 0 spiro atoms. The summed E-state index contributed by atoms with van der Waals surface area (Å²) in [5.41, 5.74) is 0. The van der Waals surface area contributed by atoms with Crippen LogP contribution in [0.2, 0.25) is 0 Å². The minimum atomic E-state index is -0.288. The van der Waals surface area contributed by atoms with Gasteiger partial charge in [-0.1, -0.05) is 13.0 Å². The van der Waals surface area contributed by atoms with E-state index in [1.165, 1.54) is 0 Å². The fraction of sp³-hybridized carbons (Fsp3) is 0.786. The minimum Gasteiger partial charge on any atom is -0.392 e. The van der Waals surface area contributed by atoms with Crippen LogP contribution < -0.4 is 5.32 Å². The van der Waals surface area contributed by atoms with E-state index in [9.17, 15) is 9.90 Å². The molecule has 0 aromatic rings. The van der Waals surface area contributed by atoms with Gasteiger partial charge in [0.25, 0.3) is 0 Å². The lowest BCUT2D eigenvalue weighted by Gasteiger charge is -2.34. The number of β-amino-alcohol motifs (C(OH)–C–C–N with tert-alkyl or cyclic N) is 1. The number of carbonyl (C=O) groups excluding carboxylic acids is 1. The number of aliphatic hydroxyl groups excluding tert-OH is 1. The van der Waals surface area contributed by atoms with Gasteiger partial charge in [-0.3, -0.25) is 9.69 Å². The van der Waals surface area contributed by atoms with Gasteiger partial charge in [0.15, 0.2) is 0 Å². The molecule has 0 aliphatic carbocycles. The highest BCUT2D eigenvalue weighted by Crippen LogP contribution is 2.12. The van der Waals surface area contributed by atoms with Gasteiger partial charge < -0.3 is 10.4 Å². The molecule has 1 aliphatic heterocycles. The van der Waals surface area contributed by atoms with Crippen molar-refractivity contribution in [2.24, 2.45) is 0 Å². The number of hydrogen-bond donors (Lipinski definition) is 2. The quantitative estimate of drug-likeness (QED) is 0.673. The van der Waals surface area contributed by atoms with Crippen molar-refractivity contribution in [3.8, 4) is 0 Å². The molecule has 1 rings (SSSR count). The number of nitrogens with zero attached hydrogens (tertiary/aromatic N) is 1. The Bertz CT molecular complexity index is 269. The zero-order valence-corrected chi connectivity index (χ0v) is 11.4. The van der Waals surface area contributed by atoms with Crippen molar-refractivity contribution in [3.05, 3.63) is 12.7 Å². The molecule has 1 saturated heterocycles. The van der Waals surface area contributed by atoms with Crippen LogP contribution in [0, 0.1) is 0 Å². The molecule has 104 valence electrons. The maximum Gasteiger partial charge on any atom is 0.219 e. The maximum absolute atomic E-state index is 11.4. The molecule has 4 heteroatoms. The summed E-state index contributed by atoms with van der Waals surface area (Å²) in [6.45, 7) is 8.11. The molecule has 0 radical (unpaired) electrons. The first kappa shape index (κ1) is 15.2. The molecule has 2 atom stereocenters. The smallest absolute Gasteiger partial charge is 0.219 e. The van der Waals surface area contributed by atoms with E-state index in [-0.39, 0.29) is 18.1 Å². The molecule has 0 saturated carbocycles. The molecule has 1 aliphatic rings. The zero-order valence-electron chi connectivity index (χ0n) is 11.4. The monoisotopic (exact) mass is 254 g/mol. The van der Waals surface area contributed by atoms with Crippen LogP contribution in [0.4, 0.5) is 0 Å². The summed E-state index contributed by atoms with van der Waals surface area (Å²) < 4.78 is 0. The highest BCUT2D eigenvalue weighted by molar-refractivity contribution is 5.75. The summed E-state index contributed by atoms with van der Waals surface area (Å²) in [4.78, 5) is 13.6. The van der Waals surface area contributed by atoms with Gasteiger partial charge in [0.2, 0.25) is 5.91 Å². The van der Waals surface area contributed by atoms with Gasteiger partial charge in [-0.05, 0) is 32.2 Å². The second-order valence-electron chi connectivity index (χ2n) is 5.04. The van der Waals surface area contributed by atoms with Crippen LogP contribution in [-0.2, 0) is 4.79 Å². The van der Waals surface area contributed by atoms with Crippen molar-refractivity contribution in [2.45, 2.75) is 51.2 Å². The lowest BCUT2D eigenvalue weighted by Crippen LogP contribution is -2.49. The van der Waals surface area contributed by atoms with Gasteiger partial charge in [-0.2, -0.15) is 0 Å². The molecule has 1 fully saturated rings. The standard InChI is InChI=1S/C14H26N2O2/c1-3-5-8-13(17)11-16-9-6-7-12(10-16)15-14(18)4-2/h3,12-13,17H,1,4-11H2,2H3,(H,15,18). The SMILES string of the molecule is C=CCCC(O)CN1CCCC(NC(=O)CC)C1. The number of aliphatic hydroxyl groups is 1. The molecule has 2 N–H and O–H groups in total. The molecular weight excluding hydrogens is 228 g/mol. The topological polar surface area (TPSA) is 52.6 Å². The van der Waals surface area contributed by atoms with Gasteiger partial charge in [-0.25, -0.2) is 0 Å². The van der Waals surface area contributed by atoms with E-state index in [1.54, 1.807) is 0 Å². The van der Waals surface area contributed by atoms with Crippen molar-refractivity contribution in [1.29, 1.82) is 0 Å². The summed E-state index contributed by atoms with van der Waals surface area (Å²) >= 11 is 0. The Kier molecular flexibility index (Phi) is 6.98. The molecule has 4 nitrogen and oxygen atoms in total. The van der Waals surface area contributed by atoms with Crippen LogP contribution >= 0.6 is 0 Å².